The van der Waals surface area contributed by atoms with E-state index in [9.17, 15) is 4.79 Å². The lowest BCUT2D eigenvalue weighted by molar-refractivity contribution is -0.107. The van der Waals surface area contributed by atoms with Crippen LogP contribution in [-0.4, -0.2) is 16.1 Å². The van der Waals surface area contributed by atoms with Crippen molar-refractivity contribution in [2.75, 3.05) is 5.75 Å². The van der Waals surface area contributed by atoms with Gasteiger partial charge in [-0.3, -0.25) is 4.79 Å². The molecule has 0 rings (SSSR count). The van der Waals surface area contributed by atoms with Gasteiger partial charge in [-0.05, 0) is 6.08 Å². The molecule has 0 saturated carbocycles. The molecule has 3 heteroatoms. The van der Waals surface area contributed by atoms with E-state index in [4.69, 9.17) is 0 Å². The molecule has 0 aromatic rings. The third kappa shape index (κ3) is 4.60. The highest BCUT2D eigenvalue weighted by atomic mass is 32.2. The van der Waals surface area contributed by atoms with E-state index in [2.05, 4.69) is 19.2 Å². The van der Waals surface area contributed by atoms with Gasteiger partial charge in [0, 0.05) is 11.0 Å². The molecule has 1 atom stereocenters. The highest BCUT2D eigenvalue weighted by Crippen LogP contribution is 2.12. The molecule has 0 heterocycles. The number of thiol groups is 1. The molecular formula is C6H10OS2. The van der Waals surface area contributed by atoms with Crippen molar-refractivity contribution in [2.45, 2.75) is 12.2 Å². The van der Waals surface area contributed by atoms with E-state index in [1.807, 2.05) is 6.92 Å². The largest absolute Gasteiger partial charge is 0.282 e. The summed E-state index contributed by atoms with van der Waals surface area (Å²) >= 11 is 5.29. The molecule has 0 aromatic heterocycles. The first-order valence-electron chi connectivity index (χ1n) is 2.64. The molecule has 0 spiro atoms. The Bertz CT molecular complexity index is 112. The van der Waals surface area contributed by atoms with E-state index >= 15 is 0 Å². The highest BCUT2D eigenvalue weighted by Gasteiger charge is 2.02. The van der Waals surface area contributed by atoms with Gasteiger partial charge in [-0.2, -0.15) is 12.6 Å². The Morgan fingerprint density at radius 3 is 2.89 bits per heavy atom. The van der Waals surface area contributed by atoms with Crippen LogP contribution in [0.3, 0.4) is 0 Å². The minimum atomic E-state index is 0.0246. The molecule has 9 heavy (non-hydrogen) atoms. The van der Waals surface area contributed by atoms with Crippen molar-refractivity contribution in [3.05, 3.63) is 12.7 Å². The third-order valence-electron chi connectivity index (χ3n) is 0.741. The van der Waals surface area contributed by atoms with E-state index in [1.165, 1.54) is 17.8 Å². The summed E-state index contributed by atoms with van der Waals surface area (Å²) < 4.78 is 0. The average molecular weight is 162 g/mol. The summed E-state index contributed by atoms with van der Waals surface area (Å²) in [5.41, 5.74) is 0. The van der Waals surface area contributed by atoms with Gasteiger partial charge < -0.3 is 0 Å². The van der Waals surface area contributed by atoms with E-state index in [-0.39, 0.29) is 5.12 Å². The number of carbonyl (C=O) groups excluding carboxylic acids is 1. The summed E-state index contributed by atoms with van der Waals surface area (Å²) in [6.45, 7) is 5.31. The molecule has 0 amide bonds. The molecule has 0 fully saturated rings. The first kappa shape index (κ1) is 9.11. The SMILES string of the molecule is C=CC(=O)SC(C)CS. The van der Waals surface area contributed by atoms with Crippen molar-refractivity contribution in [2.24, 2.45) is 0 Å². The van der Waals surface area contributed by atoms with Crippen LogP contribution in [0, 0.1) is 0 Å². The van der Waals surface area contributed by atoms with Crippen LogP contribution in [0.4, 0.5) is 0 Å². The molecule has 52 valence electrons. The molecule has 0 aliphatic rings. The fourth-order valence-electron chi connectivity index (χ4n) is 0.284. The second-order valence-electron chi connectivity index (χ2n) is 1.63. The minimum absolute atomic E-state index is 0.0246. The van der Waals surface area contributed by atoms with E-state index in [0.29, 0.717) is 5.25 Å². The van der Waals surface area contributed by atoms with Crippen molar-refractivity contribution < 1.29 is 4.79 Å². The fourth-order valence-corrected chi connectivity index (χ4v) is 1.07. The van der Waals surface area contributed by atoms with E-state index in [1.54, 1.807) is 0 Å². The molecule has 0 N–H and O–H groups in total. The van der Waals surface area contributed by atoms with Crippen LogP contribution in [0.5, 0.6) is 0 Å². The lowest BCUT2D eigenvalue weighted by atomic mass is 10.6. The molecule has 0 saturated heterocycles. The van der Waals surface area contributed by atoms with Crippen molar-refractivity contribution in [3.8, 4) is 0 Å². The monoisotopic (exact) mass is 162 g/mol. The molecule has 1 unspecified atom stereocenters. The number of thioether (sulfide) groups is 1. The van der Waals surface area contributed by atoms with Crippen LogP contribution >= 0.6 is 24.4 Å². The van der Waals surface area contributed by atoms with Gasteiger partial charge in [-0.25, -0.2) is 0 Å². The van der Waals surface area contributed by atoms with Gasteiger partial charge in [0.2, 0.25) is 5.12 Å². The maximum atomic E-state index is 10.6. The smallest absolute Gasteiger partial charge is 0.211 e. The summed E-state index contributed by atoms with van der Waals surface area (Å²) in [7, 11) is 0. The molecule has 0 aliphatic carbocycles. The summed E-state index contributed by atoms with van der Waals surface area (Å²) in [5, 5.41) is 0.315. The Morgan fingerprint density at radius 1 is 2.00 bits per heavy atom. The van der Waals surface area contributed by atoms with Gasteiger partial charge in [0.15, 0.2) is 0 Å². The molecule has 0 aliphatic heterocycles. The predicted molar refractivity (Wildman–Crippen MR) is 46.1 cm³/mol. The number of carbonyl (C=O) groups is 1. The van der Waals surface area contributed by atoms with Crippen molar-refractivity contribution in [1.29, 1.82) is 0 Å². The van der Waals surface area contributed by atoms with Crippen LogP contribution in [0.15, 0.2) is 12.7 Å². The Morgan fingerprint density at radius 2 is 2.56 bits per heavy atom. The summed E-state index contributed by atoms with van der Waals surface area (Å²) in [6, 6.07) is 0. The van der Waals surface area contributed by atoms with Gasteiger partial charge in [0.1, 0.15) is 0 Å². The van der Waals surface area contributed by atoms with Gasteiger partial charge in [-0.15, -0.1) is 0 Å². The van der Waals surface area contributed by atoms with Crippen molar-refractivity contribution in [3.63, 3.8) is 0 Å². The molecule has 0 aromatic carbocycles. The Balaban J connectivity index is 3.46. The maximum Gasteiger partial charge on any atom is 0.211 e. The van der Waals surface area contributed by atoms with E-state index < -0.39 is 0 Å². The maximum absolute atomic E-state index is 10.6. The van der Waals surface area contributed by atoms with Crippen LogP contribution in [0.25, 0.3) is 0 Å². The number of hydrogen-bond acceptors (Lipinski definition) is 3. The second kappa shape index (κ2) is 4.94. The zero-order valence-electron chi connectivity index (χ0n) is 5.33. The van der Waals surface area contributed by atoms with Crippen LogP contribution in [0.2, 0.25) is 0 Å². The van der Waals surface area contributed by atoms with Crippen molar-refractivity contribution in [1.82, 2.24) is 0 Å². The van der Waals surface area contributed by atoms with Gasteiger partial charge >= 0.3 is 0 Å². The lowest BCUT2D eigenvalue weighted by Crippen LogP contribution is -2.00. The topological polar surface area (TPSA) is 17.1 Å². The normalized spacial score (nSPS) is 12.7. The standard InChI is InChI=1S/C6H10OS2/c1-3-6(7)9-5(2)4-8/h3,5,8H,1,4H2,2H3. The second-order valence-corrected chi connectivity index (χ2v) is 3.44. The van der Waals surface area contributed by atoms with Gasteiger partial charge in [0.05, 0.1) is 0 Å². The highest BCUT2D eigenvalue weighted by molar-refractivity contribution is 8.14. The van der Waals surface area contributed by atoms with E-state index in [0.717, 1.165) is 5.75 Å². The van der Waals surface area contributed by atoms with Crippen LogP contribution in [0.1, 0.15) is 6.92 Å². The summed E-state index contributed by atoms with van der Waals surface area (Å²) in [4.78, 5) is 10.6. The molecule has 1 nitrogen and oxygen atoms in total. The average Bonchev–Trinajstić information content (AvgIpc) is 1.87. The minimum Gasteiger partial charge on any atom is -0.282 e. The quantitative estimate of drug-likeness (QED) is 0.503. The summed E-state index contributed by atoms with van der Waals surface area (Å²) in [5.74, 6) is 0.726. The lowest BCUT2D eigenvalue weighted by Gasteiger charge is -2.01. The predicted octanol–water partition coefficient (Wildman–Crippen LogP) is 1.75. The fraction of sp³-hybridized carbons (Fsp3) is 0.500. The number of rotatable bonds is 3. The van der Waals surface area contributed by atoms with Gasteiger partial charge in [0.25, 0.3) is 0 Å². The first-order valence-corrected chi connectivity index (χ1v) is 4.15. The Kier molecular flexibility index (Phi) is 5.00. The number of hydrogen-bond donors (Lipinski definition) is 1. The zero-order valence-corrected chi connectivity index (χ0v) is 7.04. The zero-order chi connectivity index (χ0) is 7.28. The van der Waals surface area contributed by atoms with Crippen molar-refractivity contribution >= 4 is 29.5 Å². The first-order chi connectivity index (χ1) is 4.20. The molecular weight excluding hydrogens is 152 g/mol. The Labute approximate surface area is 65.3 Å². The molecule has 0 bridgehead atoms. The Hall–Kier alpha value is 0.110. The molecule has 0 radical (unpaired) electrons. The van der Waals surface area contributed by atoms with Gasteiger partial charge in [-0.1, -0.05) is 25.3 Å². The summed E-state index contributed by atoms with van der Waals surface area (Å²) in [6.07, 6.45) is 1.32. The van der Waals surface area contributed by atoms with Crippen LogP contribution < -0.4 is 0 Å². The van der Waals surface area contributed by atoms with Crippen LogP contribution in [-0.2, 0) is 4.79 Å². The third-order valence-corrected chi connectivity index (χ3v) is 2.50.